The fraction of sp³-hybridized carbons (Fsp3) is 0.520. The van der Waals surface area contributed by atoms with E-state index in [-0.39, 0.29) is 84.2 Å². The molecule has 9 nitrogen and oxygen atoms in total. The number of rotatable bonds is 17. The van der Waals surface area contributed by atoms with Gasteiger partial charge in [-0.25, -0.2) is 39.5 Å². The Bertz CT molecular complexity index is 4320. The van der Waals surface area contributed by atoms with Gasteiger partial charge in [-0.15, -0.1) is 13.2 Å². The van der Waals surface area contributed by atoms with Crippen LogP contribution in [-0.2, 0) is 43.3 Å². The lowest BCUT2D eigenvalue weighted by atomic mass is 9.87. The number of alkyl halides is 10. The summed E-state index contributed by atoms with van der Waals surface area (Å²) < 4.78 is 251. The highest BCUT2D eigenvalue weighted by molar-refractivity contribution is 5.40. The quantitative estimate of drug-likeness (QED) is 0.0895. The van der Waals surface area contributed by atoms with Crippen LogP contribution in [0.2, 0.25) is 0 Å². The molecule has 0 aromatic heterocycles. The van der Waals surface area contributed by atoms with E-state index in [0.29, 0.717) is 36.2 Å². The number of ether oxygens (including phenoxy) is 8. The molecule has 0 heterocycles. The van der Waals surface area contributed by atoms with E-state index in [1.165, 1.54) is 60.2 Å². The van der Waals surface area contributed by atoms with Gasteiger partial charge in [-0.2, -0.15) is 22.0 Å². The smallest absolute Gasteiger partial charge is 0.497 e. The molecule has 0 aliphatic rings. The van der Waals surface area contributed by atoms with Gasteiger partial charge in [-0.3, -0.25) is 0 Å². The van der Waals surface area contributed by atoms with Gasteiger partial charge in [0.15, 0.2) is 87.6 Å². The highest BCUT2D eigenvalue weighted by Gasteiger charge is 2.34. The molecule has 0 fully saturated rings. The van der Waals surface area contributed by atoms with E-state index in [1.807, 2.05) is 121 Å². The molecular weight excluding hydrogens is 1670 g/mol. The third-order valence-corrected chi connectivity index (χ3v) is 17.5. The molecule has 8 aromatic rings. The van der Waals surface area contributed by atoms with Gasteiger partial charge in [-0.05, 0) is 210 Å². The van der Waals surface area contributed by atoms with Gasteiger partial charge in [0.25, 0.3) is 6.43 Å². The Morgan fingerprint density at radius 1 is 0.294 bits per heavy atom. The Kier molecular flexibility index (Phi) is 43.6. The predicted octanol–water partition coefficient (Wildman–Crippen LogP) is 30.5. The predicted molar refractivity (Wildman–Crippen MR) is 471 cm³/mol. The van der Waals surface area contributed by atoms with Crippen molar-refractivity contribution in [2.75, 3.05) is 40.1 Å². The van der Waals surface area contributed by atoms with E-state index in [0.717, 1.165) is 63.4 Å². The van der Waals surface area contributed by atoms with Crippen LogP contribution in [0.25, 0.3) is 0 Å². The Morgan fingerprint density at radius 2 is 0.540 bits per heavy atom. The maximum atomic E-state index is 13.6. The number of hydrogen-bond acceptors (Lipinski definition) is 9. The lowest BCUT2D eigenvalue weighted by Gasteiger charge is -2.22. The van der Waals surface area contributed by atoms with Gasteiger partial charge < -0.3 is 43.0 Å². The largest absolute Gasteiger partial charge is 0.573 e. The zero-order chi connectivity index (χ0) is 97.9. The van der Waals surface area contributed by atoms with Crippen LogP contribution in [0.5, 0.6) is 46.0 Å². The van der Waals surface area contributed by atoms with Crippen molar-refractivity contribution in [1.82, 2.24) is 0 Å². The highest BCUT2D eigenvalue weighted by Crippen LogP contribution is 2.37. The second-order valence-corrected chi connectivity index (χ2v) is 40.4. The molecule has 0 aliphatic carbocycles. The van der Waals surface area contributed by atoms with Crippen molar-refractivity contribution in [3.63, 3.8) is 0 Å². The molecular formula is C100H135F17O9. The Morgan fingerprint density at radius 3 is 0.786 bits per heavy atom. The summed E-state index contributed by atoms with van der Waals surface area (Å²) in [6.45, 7) is 57.5. The van der Waals surface area contributed by atoms with Crippen molar-refractivity contribution in [3.05, 3.63) is 237 Å². The van der Waals surface area contributed by atoms with Crippen molar-refractivity contribution >= 4 is 0 Å². The Labute approximate surface area is 737 Å². The lowest BCUT2D eigenvalue weighted by Crippen LogP contribution is -2.28. The molecule has 26 heteroatoms. The molecule has 8 rings (SSSR count). The van der Waals surface area contributed by atoms with E-state index >= 15 is 0 Å². The summed E-state index contributed by atoms with van der Waals surface area (Å²) in [5.41, 5.74) is 5.58. The second-order valence-electron chi connectivity index (χ2n) is 40.4. The van der Waals surface area contributed by atoms with Crippen LogP contribution in [0, 0.1) is 52.1 Å². The van der Waals surface area contributed by atoms with Crippen LogP contribution in [0.15, 0.2) is 152 Å². The second kappa shape index (κ2) is 47.8. The summed E-state index contributed by atoms with van der Waals surface area (Å²) in [5, 5.41) is 9.55. The number of methoxy groups -OCH3 is 1. The number of aliphatic hydroxyl groups is 1. The number of halogens is 17. The summed E-state index contributed by atoms with van der Waals surface area (Å²) in [7, 11) is 1.70. The van der Waals surface area contributed by atoms with Crippen LogP contribution in [0.3, 0.4) is 0 Å². The van der Waals surface area contributed by atoms with Crippen molar-refractivity contribution in [3.8, 4) is 46.0 Å². The van der Waals surface area contributed by atoms with Crippen LogP contribution in [-0.4, -0.2) is 76.4 Å². The summed E-state index contributed by atoms with van der Waals surface area (Å²) in [6.07, 6.45) is -11.9. The average Bonchev–Trinajstić information content (AvgIpc) is 0.870. The average molecular weight is 1800 g/mol. The maximum Gasteiger partial charge on any atom is 0.573 e. The van der Waals surface area contributed by atoms with Gasteiger partial charge in [-0.1, -0.05) is 255 Å². The fourth-order valence-electron chi connectivity index (χ4n) is 9.94. The van der Waals surface area contributed by atoms with Gasteiger partial charge in [0.1, 0.15) is 19.0 Å². The normalized spacial score (nSPS) is 12.3. The molecule has 0 atom stereocenters. The van der Waals surface area contributed by atoms with Crippen LogP contribution in [0.4, 0.5) is 74.6 Å². The van der Waals surface area contributed by atoms with Crippen molar-refractivity contribution < 1.29 is 118 Å². The van der Waals surface area contributed by atoms with Gasteiger partial charge in [0.2, 0.25) is 0 Å². The monoisotopic (exact) mass is 1800 g/mol. The van der Waals surface area contributed by atoms with Gasteiger partial charge in [0.05, 0.1) is 25.9 Å². The molecule has 0 saturated heterocycles. The van der Waals surface area contributed by atoms with Crippen LogP contribution >= 0.6 is 0 Å². The summed E-state index contributed by atoms with van der Waals surface area (Å²) >= 11 is 0. The first-order chi connectivity index (χ1) is 56.8. The molecule has 0 amide bonds. The van der Waals surface area contributed by atoms with E-state index in [4.69, 9.17) is 23.7 Å². The molecule has 0 saturated carbocycles. The zero-order valence-corrected chi connectivity index (χ0v) is 79.3. The third-order valence-electron chi connectivity index (χ3n) is 17.5. The topological polar surface area (TPSA) is 94.1 Å². The molecule has 0 aliphatic heterocycles. The maximum absolute atomic E-state index is 13.6. The number of hydrogen-bond donors (Lipinski definition) is 1. The first-order valence-electron chi connectivity index (χ1n) is 41.0. The summed E-state index contributed by atoms with van der Waals surface area (Å²) in [6, 6.07) is 39.1. The SMILES string of the molecule is CC(C)(C)COc1cc(C(C)(C)C)ccc1F.CC(C)(C)c1ccc(F)c(OC(F)(F)F)c1.CC(C)(C)c1ccc(F)c(OC(F)F)c1.CC(C)(C)c1ccc(F)c(OCC(F)(F)F)c1.CC(C)(C)c1ccc(F)c(OCC(F)F)c1.CC(C)(O)COc1cc(C(C)(C)C)ccc1F.CC(C)COc1cc(C(C)(C)C)ccc1F.COc1cccc(C(C)(C)C)c1. The zero-order valence-electron chi connectivity index (χ0n) is 79.3. The Balaban J connectivity index is 0.000000721. The fourth-order valence-corrected chi connectivity index (χ4v) is 9.94. The molecule has 0 bridgehead atoms. The first-order valence-corrected chi connectivity index (χ1v) is 41.0. The summed E-state index contributed by atoms with van der Waals surface area (Å²) in [5.74, 6) is -3.62. The Hall–Kier alpha value is -9.07. The van der Waals surface area contributed by atoms with Crippen LogP contribution < -0.4 is 37.9 Å². The molecule has 8 aromatic carbocycles. The van der Waals surface area contributed by atoms with E-state index in [1.54, 1.807) is 57.4 Å². The standard InChI is InChI=1S/C15H23FO.C14H21FO2.C14H21FO.C12H14F4O.C12H15F3O.C11H12F4O.C11H13F3O.C11H16O/c1-14(2,3)10-17-13-9-11(15(4,5)6)7-8-12(13)16;1-13(2,3)10-6-7-11(15)12(8-10)17-9-14(4,5)16;1-10(2)9-16-13-8-11(14(3,4)5)6-7-12(13)15;1-11(2,3)8-4-5-9(13)10(6-8)17-7-12(14,15)16;1-12(2,3)8-4-5-9(13)10(6-8)16-7-11(14)15;1-10(2,3)7-4-5-8(12)9(6-7)16-11(13,14)15;1-11(2,3)7-4-5-8(12)9(6-7)15-10(13)14;1-11(2,3)9-6-5-7-10(8-9)12-4/h7-9H,10H2,1-6H3;6-8,16H,9H2,1-5H3;6-8,10H,9H2,1-5H3;4-6H,7H2,1-3H3;4-6,11H,7H2,1-3H3;4-6H,1-3H3;4-6,10H,1-3H3;5-8H,1-4H3. The first kappa shape index (κ1) is 115. The molecule has 126 heavy (non-hydrogen) atoms. The molecule has 0 spiro atoms. The van der Waals surface area contributed by atoms with Crippen molar-refractivity contribution in [2.24, 2.45) is 11.3 Å². The number of benzene rings is 8. The van der Waals surface area contributed by atoms with Crippen molar-refractivity contribution in [2.45, 2.75) is 289 Å². The van der Waals surface area contributed by atoms with E-state index in [2.05, 4.69) is 130 Å². The molecule has 0 unspecified atom stereocenters. The minimum Gasteiger partial charge on any atom is -0.497 e. The summed E-state index contributed by atoms with van der Waals surface area (Å²) in [4.78, 5) is 0. The highest BCUT2D eigenvalue weighted by atomic mass is 19.4. The van der Waals surface area contributed by atoms with Gasteiger partial charge >= 0.3 is 19.2 Å². The van der Waals surface area contributed by atoms with Crippen molar-refractivity contribution in [1.29, 1.82) is 0 Å². The van der Waals surface area contributed by atoms with E-state index in [9.17, 15) is 79.7 Å². The molecule has 0 radical (unpaired) electrons. The minimum atomic E-state index is -4.88. The van der Waals surface area contributed by atoms with Gasteiger partial charge in [0, 0.05) is 0 Å². The lowest BCUT2D eigenvalue weighted by molar-refractivity contribution is -0.275. The van der Waals surface area contributed by atoms with E-state index < -0.39 is 85.0 Å². The molecule has 1 N–H and O–H groups in total. The van der Waals surface area contributed by atoms with Crippen LogP contribution in [0.1, 0.15) is 259 Å². The molecule has 708 valence electrons. The minimum absolute atomic E-state index is 0.00748. The third kappa shape index (κ3) is 46.6.